The lowest BCUT2D eigenvalue weighted by Gasteiger charge is -2.08. The molecule has 0 aromatic heterocycles. The number of carboxylic acids is 1. The lowest BCUT2D eigenvalue weighted by molar-refractivity contribution is -0.132. The molecule has 0 saturated heterocycles. The van der Waals surface area contributed by atoms with Crippen molar-refractivity contribution in [1.29, 1.82) is 0 Å². The van der Waals surface area contributed by atoms with Crippen LogP contribution in [0, 0.1) is 0 Å². The summed E-state index contributed by atoms with van der Waals surface area (Å²) in [6.07, 6.45) is 0. The Bertz CT molecular complexity index is 168. The fourth-order valence-corrected chi connectivity index (χ4v) is 1.51. The first-order chi connectivity index (χ1) is 5.54. The van der Waals surface area contributed by atoms with Gasteiger partial charge in [-0.05, 0) is 14.1 Å². The molecule has 0 aliphatic heterocycles. The zero-order valence-corrected chi connectivity index (χ0v) is 8.36. The topological polar surface area (TPSA) is 40.5 Å². The smallest absolute Gasteiger partial charge is 0.331 e. The van der Waals surface area contributed by atoms with Crippen LogP contribution in [0.15, 0.2) is 12.2 Å². The largest absolute Gasteiger partial charge is 0.478 e. The molecular formula is C8H15NO2S. The fourth-order valence-electron chi connectivity index (χ4n) is 0.504. The van der Waals surface area contributed by atoms with Crippen molar-refractivity contribution in [3.05, 3.63) is 12.2 Å². The van der Waals surface area contributed by atoms with Crippen LogP contribution in [0.4, 0.5) is 0 Å². The van der Waals surface area contributed by atoms with Gasteiger partial charge in [0.1, 0.15) is 0 Å². The Labute approximate surface area is 77.4 Å². The molecule has 0 rings (SSSR count). The highest BCUT2D eigenvalue weighted by Gasteiger charge is 2.02. The summed E-state index contributed by atoms with van der Waals surface area (Å²) in [4.78, 5) is 12.4. The van der Waals surface area contributed by atoms with Crippen molar-refractivity contribution >= 4 is 17.7 Å². The molecule has 70 valence electrons. The van der Waals surface area contributed by atoms with Crippen LogP contribution < -0.4 is 0 Å². The molecule has 0 saturated carbocycles. The van der Waals surface area contributed by atoms with E-state index in [1.165, 1.54) is 0 Å². The molecule has 0 spiro atoms. The first kappa shape index (κ1) is 11.5. The third-order valence-corrected chi connectivity index (χ3v) is 2.29. The Morgan fingerprint density at radius 1 is 1.58 bits per heavy atom. The van der Waals surface area contributed by atoms with Gasteiger partial charge < -0.3 is 10.0 Å². The third kappa shape index (κ3) is 6.24. The first-order valence-electron chi connectivity index (χ1n) is 3.67. The molecule has 0 aromatic carbocycles. The van der Waals surface area contributed by atoms with Crippen LogP contribution in [0.1, 0.15) is 0 Å². The minimum Gasteiger partial charge on any atom is -0.478 e. The van der Waals surface area contributed by atoms with Gasteiger partial charge in [-0.15, -0.1) is 0 Å². The van der Waals surface area contributed by atoms with E-state index in [-0.39, 0.29) is 5.57 Å². The lowest BCUT2D eigenvalue weighted by Crippen LogP contribution is -2.15. The van der Waals surface area contributed by atoms with Crippen molar-refractivity contribution in [3.8, 4) is 0 Å². The summed E-state index contributed by atoms with van der Waals surface area (Å²) in [5.41, 5.74) is 0.277. The van der Waals surface area contributed by atoms with E-state index in [0.717, 1.165) is 12.3 Å². The van der Waals surface area contributed by atoms with E-state index in [1.54, 1.807) is 11.8 Å². The molecule has 3 nitrogen and oxygen atoms in total. The first-order valence-corrected chi connectivity index (χ1v) is 4.83. The summed E-state index contributed by atoms with van der Waals surface area (Å²) >= 11 is 1.60. The van der Waals surface area contributed by atoms with Crippen molar-refractivity contribution in [1.82, 2.24) is 4.90 Å². The zero-order valence-electron chi connectivity index (χ0n) is 7.54. The van der Waals surface area contributed by atoms with E-state index in [1.807, 2.05) is 14.1 Å². The molecule has 0 unspecified atom stereocenters. The second-order valence-corrected chi connectivity index (χ2v) is 3.87. The molecule has 0 heterocycles. The molecule has 12 heavy (non-hydrogen) atoms. The SMILES string of the molecule is C=C(CSCCN(C)C)C(=O)O. The molecule has 0 aliphatic rings. The van der Waals surface area contributed by atoms with E-state index < -0.39 is 5.97 Å². The van der Waals surface area contributed by atoms with Crippen LogP contribution in [-0.4, -0.2) is 48.1 Å². The predicted octanol–water partition coefficient (Wildman–Crippen LogP) is 0.922. The Kier molecular flexibility index (Phi) is 5.84. The van der Waals surface area contributed by atoms with Crippen molar-refractivity contribution in [2.24, 2.45) is 0 Å². The number of carboxylic acid groups (broad SMARTS) is 1. The van der Waals surface area contributed by atoms with Crippen molar-refractivity contribution in [3.63, 3.8) is 0 Å². The summed E-state index contributed by atoms with van der Waals surface area (Å²) in [6, 6.07) is 0. The van der Waals surface area contributed by atoms with Gasteiger partial charge in [0.25, 0.3) is 0 Å². The van der Waals surface area contributed by atoms with Crippen LogP contribution in [-0.2, 0) is 4.79 Å². The molecule has 0 aliphatic carbocycles. The molecular weight excluding hydrogens is 174 g/mol. The van der Waals surface area contributed by atoms with Gasteiger partial charge in [-0.25, -0.2) is 4.79 Å². The zero-order chi connectivity index (χ0) is 9.56. The van der Waals surface area contributed by atoms with Crippen LogP contribution >= 0.6 is 11.8 Å². The van der Waals surface area contributed by atoms with Gasteiger partial charge in [0.15, 0.2) is 0 Å². The predicted molar refractivity (Wildman–Crippen MR) is 52.7 cm³/mol. The average Bonchev–Trinajstić information content (AvgIpc) is 1.97. The standard InChI is InChI=1S/C8H15NO2S/c1-7(8(10)11)6-12-5-4-9(2)3/h1,4-6H2,2-3H3,(H,10,11). The summed E-state index contributed by atoms with van der Waals surface area (Å²) in [5.74, 6) is 0.565. The molecule has 0 fully saturated rings. The van der Waals surface area contributed by atoms with Gasteiger partial charge in [0, 0.05) is 23.6 Å². The van der Waals surface area contributed by atoms with Crippen LogP contribution in [0.3, 0.4) is 0 Å². The highest BCUT2D eigenvalue weighted by atomic mass is 32.2. The summed E-state index contributed by atoms with van der Waals surface area (Å²) < 4.78 is 0. The maximum Gasteiger partial charge on any atom is 0.331 e. The minimum atomic E-state index is -0.896. The van der Waals surface area contributed by atoms with Gasteiger partial charge in [0.2, 0.25) is 0 Å². The second kappa shape index (κ2) is 6.08. The third-order valence-electron chi connectivity index (χ3n) is 1.26. The number of carbonyl (C=O) groups is 1. The maximum atomic E-state index is 10.3. The number of hydrogen-bond acceptors (Lipinski definition) is 3. The quantitative estimate of drug-likeness (QED) is 0.498. The fraction of sp³-hybridized carbons (Fsp3) is 0.625. The molecule has 1 N–H and O–H groups in total. The lowest BCUT2D eigenvalue weighted by atomic mass is 10.4. The normalized spacial score (nSPS) is 10.2. The van der Waals surface area contributed by atoms with E-state index in [2.05, 4.69) is 11.5 Å². The van der Waals surface area contributed by atoms with Gasteiger partial charge in [-0.1, -0.05) is 6.58 Å². The van der Waals surface area contributed by atoms with E-state index in [9.17, 15) is 4.79 Å². The molecule has 0 bridgehead atoms. The van der Waals surface area contributed by atoms with Crippen molar-refractivity contribution < 1.29 is 9.90 Å². The molecule has 4 heteroatoms. The van der Waals surface area contributed by atoms with Crippen molar-refractivity contribution in [2.45, 2.75) is 0 Å². The molecule has 0 amide bonds. The van der Waals surface area contributed by atoms with E-state index in [0.29, 0.717) is 5.75 Å². The van der Waals surface area contributed by atoms with Gasteiger partial charge in [-0.3, -0.25) is 0 Å². The van der Waals surface area contributed by atoms with E-state index in [4.69, 9.17) is 5.11 Å². The Balaban J connectivity index is 3.32. The maximum absolute atomic E-state index is 10.3. The summed E-state index contributed by atoms with van der Waals surface area (Å²) in [7, 11) is 3.99. The number of nitrogens with zero attached hydrogens (tertiary/aromatic N) is 1. The van der Waals surface area contributed by atoms with Gasteiger partial charge >= 0.3 is 5.97 Å². The number of hydrogen-bond donors (Lipinski definition) is 1. The van der Waals surface area contributed by atoms with Gasteiger partial charge in [-0.2, -0.15) is 11.8 Å². The highest BCUT2D eigenvalue weighted by molar-refractivity contribution is 7.99. The highest BCUT2D eigenvalue weighted by Crippen LogP contribution is 2.05. The van der Waals surface area contributed by atoms with Gasteiger partial charge in [0.05, 0.1) is 0 Å². The number of thioether (sulfide) groups is 1. The minimum absolute atomic E-state index is 0.277. The van der Waals surface area contributed by atoms with Crippen LogP contribution in [0.5, 0.6) is 0 Å². The second-order valence-electron chi connectivity index (χ2n) is 2.76. The number of aliphatic carboxylic acids is 1. The Morgan fingerprint density at radius 2 is 2.17 bits per heavy atom. The molecule has 0 atom stereocenters. The Morgan fingerprint density at radius 3 is 2.58 bits per heavy atom. The summed E-state index contributed by atoms with van der Waals surface area (Å²) in [5, 5.41) is 8.47. The Hall–Kier alpha value is -0.480. The van der Waals surface area contributed by atoms with E-state index >= 15 is 0 Å². The average molecular weight is 189 g/mol. The van der Waals surface area contributed by atoms with Crippen LogP contribution in [0.2, 0.25) is 0 Å². The summed E-state index contributed by atoms with van der Waals surface area (Å²) in [6.45, 7) is 4.41. The van der Waals surface area contributed by atoms with Crippen LogP contribution in [0.25, 0.3) is 0 Å². The van der Waals surface area contributed by atoms with Crippen molar-refractivity contribution in [2.75, 3.05) is 32.1 Å². The monoisotopic (exact) mass is 189 g/mol. The number of rotatable bonds is 6. The molecule has 0 radical (unpaired) electrons. The molecule has 0 aromatic rings.